The van der Waals surface area contributed by atoms with Gasteiger partial charge in [-0.05, 0) is 48.5 Å². The van der Waals surface area contributed by atoms with E-state index in [0.717, 1.165) is 11.5 Å². The number of nitrogens with one attached hydrogen (secondary N) is 1. The van der Waals surface area contributed by atoms with Crippen LogP contribution in [0, 0.1) is 5.82 Å². The van der Waals surface area contributed by atoms with Crippen LogP contribution in [0.25, 0.3) is 11.4 Å². The van der Waals surface area contributed by atoms with E-state index in [0.29, 0.717) is 27.8 Å². The Morgan fingerprint density at radius 1 is 1.13 bits per heavy atom. The molecule has 0 aliphatic heterocycles. The molecular formula is C16H12FN3O2S. The lowest BCUT2D eigenvalue weighted by atomic mass is 10.2. The molecule has 0 atom stereocenters. The molecule has 1 aromatic heterocycles. The standard InChI is InChI=1S/C16H12FN3O2S/c1-22-13-8-4-11(5-9-13)15(21)19-16-18-14(20-23-16)10-2-6-12(17)7-3-10/h2-9H,1H3,(H,18,19,20,21). The maximum atomic E-state index is 12.9. The van der Waals surface area contributed by atoms with Gasteiger partial charge in [0, 0.05) is 22.7 Å². The number of rotatable bonds is 4. The first kappa shape index (κ1) is 15.1. The molecule has 1 heterocycles. The largest absolute Gasteiger partial charge is 0.497 e. The van der Waals surface area contributed by atoms with Crippen LogP contribution >= 0.6 is 11.5 Å². The Balaban J connectivity index is 1.73. The molecule has 7 heteroatoms. The Morgan fingerprint density at radius 3 is 2.48 bits per heavy atom. The van der Waals surface area contributed by atoms with Crippen molar-refractivity contribution in [2.24, 2.45) is 0 Å². The number of carbonyl (C=O) groups excluding carboxylic acids is 1. The summed E-state index contributed by atoms with van der Waals surface area (Å²) < 4.78 is 22.1. The fraction of sp³-hybridized carbons (Fsp3) is 0.0625. The van der Waals surface area contributed by atoms with Gasteiger partial charge in [-0.25, -0.2) is 4.39 Å². The number of ether oxygens (including phenoxy) is 1. The number of hydrogen-bond donors (Lipinski definition) is 1. The summed E-state index contributed by atoms with van der Waals surface area (Å²) in [6, 6.07) is 12.6. The lowest BCUT2D eigenvalue weighted by Gasteiger charge is -2.03. The molecule has 3 rings (SSSR count). The third-order valence-corrected chi connectivity index (χ3v) is 3.73. The molecule has 0 radical (unpaired) electrons. The van der Waals surface area contributed by atoms with Gasteiger partial charge in [-0.2, -0.15) is 9.36 Å². The molecule has 0 aliphatic rings. The topological polar surface area (TPSA) is 64.1 Å². The van der Waals surface area contributed by atoms with Crippen LogP contribution < -0.4 is 10.1 Å². The van der Waals surface area contributed by atoms with E-state index in [1.54, 1.807) is 43.5 Å². The minimum absolute atomic E-state index is 0.283. The fourth-order valence-electron chi connectivity index (χ4n) is 1.90. The molecule has 23 heavy (non-hydrogen) atoms. The van der Waals surface area contributed by atoms with Crippen LogP contribution in [0.5, 0.6) is 5.75 Å². The first-order valence-corrected chi connectivity index (χ1v) is 7.48. The average molecular weight is 329 g/mol. The summed E-state index contributed by atoms with van der Waals surface area (Å²) >= 11 is 1.07. The molecule has 5 nitrogen and oxygen atoms in total. The lowest BCUT2D eigenvalue weighted by Crippen LogP contribution is -2.11. The van der Waals surface area contributed by atoms with Crippen molar-refractivity contribution in [3.8, 4) is 17.1 Å². The molecule has 0 unspecified atom stereocenters. The summed E-state index contributed by atoms with van der Waals surface area (Å²) in [7, 11) is 1.56. The molecule has 0 saturated heterocycles. The van der Waals surface area contributed by atoms with Crippen LogP contribution in [0.1, 0.15) is 10.4 Å². The lowest BCUT2D eigenvalue weighted by molar-refractivity contribution is 0.102. The van der Waals surface area contributed by atoms with Crippen LogP contribution in [0.15, 0.2) is 48.5 Å². The third kappa shape index (κ3) is 3.51. The predicted molar refractivity (Wildman–Crippen MR) is 86.3 cm³/mol. The maximum Gasteiger partial charge on any atom is 0.257 e. The first-order valence-electron chi connectivity index (χ1n) is 6.71. The van der Waals surface area contributed by atoms with E-state index in [4.69, 9.17) is 4.74 Å². The Hall–Kier alpha value is -2.80. The zero-order valence-electron chi connectivity index (χ0n) is 12.1. The highest BCUT2D eigenvalue weighted by Crippen LogP contribution is 2.22. The van der Waals surface area contributed by atoms with Crippen molar-refractivity contribution in [3.05, 3.63) is 59.9 Å². The van der Waals surface area contributed by atoms with Crippen molar-refractivity contribution in [1.29, 1.82) is 0 Å². The quantitative estimate of drug-likeness (QED) is 0.794. The van der Waals surface area contributed by atoms with E-state index in [2.05, 4.69) is 14.7 Å². The average Bonchev–Trinajstić information content (AvgIpc) is 3.04. The Labute approximate surface area is 135 Å². The summed E-state index contributed by atoms with van der Waals surface area (Å²) in [6.07, 6.45) is 0. The fourth-order valence-corrected chi connectivity index (χ4v) is 2.49. The molecule has 1 N–H and O–H groups in total. The van der Waals surface area contributed by atoms with Gasteiger partial charge in [0.25, 0.3) is 5.91 Å². The van der Waals surface area contributed by atoms with Gasteiger partial charge in [0.2, 0.25) is 5.13 Å². The SMILES string of the molecule is COc1ccc(C(=O)Nc2nc(-c3ccc(F)cc3)ns2)cc1. The molecule has 2 aromatic carbocycles. The molecule has 3 aromatic rings. The molecule has 0 spiro atoms. The molecule has 0 bridgehead atoms. The minimum Gasteiger partial charge on any atom is -0.497 e. The van der Waals surface area contributed by atoms with Crippen molar-refractivity contribution < 1.29 is 13.9 Å². The number of carbonyl (C=O) groups is 1. The van der Waals surface area contributed by atoms with Crippen LogP contribution in [-0.2, 0) is 0 Å². The Morgan fingerprint density at radius 2 is 1.83 bits per heavy atom. The maximum absolute atomic E-state index is 12.9. The highest BCUT2D eigenvalue weighted by molar-refractivity contribution is 7.10. The summed E-state index contributed by atoms with van der Waals surface area (Å²) in [4.78, 5) is 16.4. The van der Waals surface area contributed by atoms with Gasteiger partial charge in [0.1, 0.15) is 11.6 Å². The van der Waals surface area contributed by atoms with Crippen molar-refractivity contribution in [2.45, 2.75) is 0 Å². The van der Waals surface area contributed by atoms with Crippen molar-refractivity contribution >= 4 is 22.6 Å². The second-order valence-corrected chi connectivity index (χ2v) is 5.36. The van der Waals surface area contributed by atoms with Crippen LogP contribution in [0.4, 0.5) is 9.52 Å². The summed E-state index contributed by atoms with van der Waals surface area (Å²) in [5.41, 5.74) is 1.18. The third-order valence-electron chi connectivity index (χ3n) is 3.10. The monoisotopic (exact) mass is 329 g/mol. The van der Waals surface area contributed by atoms with Crippen LogP contribution in [-0.4, -0.2) is 22.4 Å². The van der Waals surface area contributed by atoms with Gasteiger partial charge in [-0.15, -0.1) is 0 Å². The van der Waals surface area contributed by atoms with Crippen molar-refractivity contribution in [2.75, 3.05) is 12.4 Å². The van der Waals surface area contributed by atoms with Gasteiger partial charge in [0.15, 0.2) is 5.82 Å². The van der Waals surface area contributed by atoms with Crippen molar-refractivity contribution in [1.82, 2.24) is 9.36 Å². The molecule has 0 aliphatic carbocycles. The van der Waals surface area contributed by atoms with E-state index in [-0.39, 0.29) is 11.7 Å². The molecule has 0 fully saturated rings. The number of benzene rings is 2. The second kappa shape index (κ2) is 6.53. The van der Waals surface area contributed by atoms with E-state index >= 15 is 0 Å². The summed E-state index contributed by atoms with van der Waals surface area (Å²) in [6.45, 7) is 0. The summed E-state index contributed by atoms with van der Waals surface area (Å²) in [5.74, 6) is 0.516. The number of methoxy groups -OCH3 is 1. The first-order chi connectivity index (χ1) is 11.2. The Kier molecular flexibility index (Phi) is 4.29. The van der Waals surface area contributed by atoms with Gasteiger partial charge < -0.3 is 4.74 Å². The molecule has 0 saturated carbocycles. The zero-order chi connectivity index (χ0) is 16.2. The smallest absolute Gasteiger partial charge is 0.257 e. The van der Waals surface area contributed by atoms with E-state index in [1.165, 1.54) is 12.1 Å². The predicted octanol–water partition coefficient (Wildman–Crippen LogP) is 3.61. The van der Waals surface area contributed by atoms with E-state index < -0.39 is 0 Å². The van der Waals surface area contributed by atoms with Gasteiger partial charge in [-0.1, -0.05) is 0 Å². The number of amides is 1. The Bertz CT molecular complexity index is 816. The van der Waals surface area contributed by atoms with Gasteiger partial charge in [-0.3, -0.25) is 10.1 Å². The number of halogens is 1. The number of aromatic nitrogens is 2. The van der Waals surface area contributed by atoms with Crippen molar-refractivity contribution in [3.63, 3.8) is 0 Å². The number of hydrogen-bond acceptors (Lipinski definition) is 5. The van der Waals surface area contributed by atoms with E-state index in [9.17, 15) is 9.18 Å². The van der Waals surface area contributed by atoms with E-state index in [1.807, 2.05) is 0 Å². The van der Waals surface area contributed by atoms with Crippen LogP contribution in [0.3, 0.4) is 0 Å². The molecule has 116 valence electrons. The minimum atomic E-state index is -0.322. The second-order valence-electron chi connectivity index (χ2n) is 4.61. The zero-order valence-corrected chi connectivity index (χ0v) is 12.9. The van der Waals surface area contributed by atoms with Gasteiger partial charge >= 0.3 is 0 Å². The normalized spacial score (nSPS) is 10.3. The number of nitrogens with zero attached hydrogens (tertiary/aromatic N) is 2. The van der Waals surface area contributed by atoms with Gasteiger partial charge in [0.05, 0.1) is 7.11 Å². The highest BCUT2D eigenvalue weighted by Gasteiger charge is 2.11. The number of anilines is 1. The van der Waals surface area contributed by atoms with Crippen LogP contribution in [0.2, 0.25) is 0 Å². The highest BCUT2D eigenvalue weighted by atomic mass is 32.1. The molecular weight excluding hydrogens is 317 g/mol. The molecule has 1 amide bonds. The summed E-state index contributed by atoms with van der Waals surface area (Å²) in [5, 5.41) is 3.07.